The van der Waals surface area contributed by atoms with Gasteiger partial charge in [-0.05, 0) is 61.0 Å². The van der Waals surface area contributed by atoms with Crippen LogP contribution in [0.25, 0.3) is 28.4 Å². The van der Waals surface area contributed by atoms with Crippen molar-refractivity contribution in [2.24, 2.45) is 0 Å². The van der Waals surface area contributed by atoms with Gasteiger partial charge in [0, 0.05) is 17.0 Å². The lowest BCUT2D eigenvalue weighted by Crippen LogP contribution is -2.09. The van der Waals surface area contributed by atoms with Crippen molar-refractivity contribution in [2.45, 2.75) is 6.92 Å². The molecule has 0 atom stereocenters. The van der Waals surface area contributed by atoms with Crippen molar-refractivity contribution in [1.29, 1.82) is 0 Å². The van der Waals surface area contributed by atoms with Gasteiger partial charge in [-0.1, -0.05) is 36.4 Å². The van der Waals surface area contributed by atoms with E-state index in [1.807, 2.05) is 37.3 Å². The van der Waals surface area contributed by atoms with E-state index in [2.05, 4.69) is 0 Å². The molecular weight excluding hydrogens is 536 g/mol. The van der Waals surface area contributed by atoms with Gasteiger partial charge in [0.1, 0.15) is 34.2 Å². The van der Waals surface area contributed by atoms with Gasteiger partial charge in [-0.15, -0.1) is 0 Å². The van der Waals surface area contributed by atoms with Crippen LogP contribution >= 0.6 is 0 Å². The average molecular weight is 563 g/mol. The minimum absolute atomic E-state index is 0.136. The second kappa shape index (κ2) is 11.2. The number of carbonyl (C=O) groups is 2. The van der Waals surface area contributed by atoms with Crippen molar-refractivity contribution < 1.29 is 37.7 Å². The molecule has 0 bridgehead atoms. The highest BCUT2D eigenvalue weighted by Crippen LogP contribution is 2.39. The monoisotopic (exact) mass is 562 g/mol. The lowest BCUT2D eigenvalue weighted by molar-refractivity contribution is 0.0736. The van der Waals surface area contributed by atoms with Gasteiger partial charge >= 0.3 is 5.97 Å². The third-order valence-electron chi connectivity index (χ3n) is 6.77. The summed E-state index contributed by atoms with van der Waals surface area (Å²) >= 11 is 0. The zero-order valence-electron chi connectivity index (χ0n) is 23.1. The fraction of sp³-hybridized carbons (Fsp3) is 0.118. The van der Waals surface area contributed by atoms with Crippen molar-refractivity contribution in [2.75, 3.05) is 20.8 Å². The van der Waals surface area contributed by atoms with Gasteiger partial charge in [0.15, 0.2) is 17.3 Å². The van der Waals surface area contributed by atoms with Crippen molar-refractivity contribution in [3.05, 3.63) is 107 Å². The van der Waals surface area contributed by atoms with E-state index in [0.29, 0.717) is 51.7 Å². The fourth-order valence-electron chi connectivity index (χ4n) is 4.81. The van der Waals surface area contributed by atoms with Gasteiger partial charge in [0.2, 0.25) is 5.78 Å². The minimum atomic E-state index is -0.619. The highest BCUT2D eigenvalue weighted by molar-refractivity contribution is 6.15. The number of Topliss-reactive ketones (excluding diaryl/α,β-unsaturated/α-hetero) is 1. The highest BCUT2D eigenvalue weighted by atomic mass is 16.5. The molecule has 0 unspecified atom stereocenters. The molecule has 1 aliphatic rings. The summed E-state index contributed by atoms with van der Waals surface area (Å²) in [5.41, 5.74) is 2.58. The lowest BCUT2D eigenvalue weighted by atomic mass is 10.1. The molecule has 1 aromatic heterocycles. The van der Waals surface area contributed by atoms with Crippen LogP contribution in [-0.4, -0.2) is 32.6 Å². The first kappa shape index (κ1) is 26.7. The van der Waals surface area contributed by atoms with Crippen LogP contribution in [0, 0.1) is 0 Å². The molecule has 0 amide bonds. The van der Waals surface area contributed by atoms with E-state index < -0.39 is 5.97 Å². The van der Waals surface area contributed by atoms with Gasteiger partial charge in [-0.25, -0.2) is 4.79 Å². The molecule has 8 nitrogen and oxygen atoms in total. The molecule has 8 heteroatoms. The van der Waals surface area contributed by atoms with Crippen molar-refractivity contribution in [3.8, 4) is 40.1 Å². The van der Waals surface area contributed by atoms with E-state index in [9.17, 15) is 9.59 Å². The molecule has 0 fully saturated rings. The van der Waals surface area contributed by atoms with Crippen molar-refractivity contribution >= 4 is 28.8 Å². The van der Waals surface area contributed by atoms with Crippen LogP contribution in [0.15, 0.2) is 95.1 Å². The maximum atomic E-state index is 13.7. The Labute approximate surface area is 241 Å². The summed E-state index contributed by atoms with van der Waals surface area (Å²) in [6.07, 6.45) is 1.62. The third kappa shape index (κ3) is 4.94. The van der Waals surface area contributed by atoms with E-state index >= 15 is 0 Å². The molecular formula is C34H26O8. The SMILES string of the molecule is CCOc1ccc2oc(-c3ccccc3)c(C(=O)Oc3ccc4c(c3)OC(=Cc3ccc(OC)c(OC)c3)C4=O)c2c1. The van der Waals surface area contributed by atoms with Gasteiger partial charge in [0.25, 0.3) is 0 Å². The Kier molecular flexibility index (Phi) is 7.10. The maximum Gasteiger partial charge on any atom is 0.348 e. The summed E-state index contributed by atoms with van der Waals surface area (Å²) in [4.78, 5) is 26.7. The highest BCUT2D eigenvalue weighted by Gasteiger charge is 2.29. The molecule has 0 saturated carbocycles. The standard InChI is InChI=1S/C34H26O8/c1-4-39-22-12-15-26-25(18-22)31(33(42-26)21-8-6-5-7-9-21)34(36)40-23-11-13-24-28(19-23)41-30(32(24)35)17-20-10-14-27(37-2)29(16-20)38-3/h5-19H,4H2,1-3H3. The quantitative estimate of drug-likeness (QED) is 0.110. The minimum Gasteiger partial charge on any atom is -0.494 e. The molecule has 0 aliphatic carbocycles. The van der Waals surface area contributed by atoms with E-state index in [0.717, 1.165) is 5.56 Å². The zero-order valence-corrected chi connectivity index (χ0v) is 23.1. The molecule has 0 saturated heterocycles. The van der Waals surface area contributed by atoms with Crippen LogP contribution in [0.5, 0.6) is 28.7 Å². The average Bonchev–Trinajstić information content (AvgIpc) is 3.54. The fourth-order valence-corrected chi connectivity index (χ4v) is 4.81. The predicted octanol–water partition coefficient (Wildman–Crippen LogP) is 7.35. The molecule has 42 heavy (non-hydrogen) atoms. The van der Waals surface area contributed by atoms with Crippen LogP contribution in [0.4, 0.5) is 0 Å². The number of hydrogen-bond donors (Lipinski definition) is 0. The Morgan fingerprint density at radius 3 is 2.40 bits per heavy atom. The Hall–Kier alpha value is -5.50. The summed E-state index contributed by atoms with van der Waals surface area (Å²) in [6.45, 7) is 2.37. The number of ether oxygens (including phenoxy) is 5. The summed E-state index contributed by atoms with van der Waals surface area (Å²) in [6, 6.07) is 24.6. The first-order valence-electron chi connectivity index (χ1n) is 13.3. The number of furan rings is 1. The zero-order chi connectivity index (χ0) is 29.2. The summed E-state index contributed by atoms with van der Waals surface area (Å²) < 4.78 is 34.1. The third-order valence-corrected chi connectivity index (χ3v) is 6.77. The number of methoxy groups -OCH3 is 2. The van der Waals surface area contributed by atoms with E-state index in [1.54, 1.807) is 61.7 Å². The van der Waals surface area contributed by atoms with Crippen LogP contribution in [0.1, 0.15) is 33.2 Å². The van der Waals surface area contributed by atoms with E-state index in [4.69, 9.17) is 28.1 Å². The summed E-state index contributed by atoms with van der Waals surface area (Å²) in [5, 5.41) is 0.567. The lowest BCUT2D eigenvalue weighted by Gasteiger charge is -2.08. The summed E-state index contributed by atoms with van der Waals surface area (Å²) in [5.74, 6) is 1.83. The molecule has 0 spiro atoms. The number of allylic oxidation sites excluding steroid dienone is 1. The number of fused-ring (bicyclic) bond motifs is 2. The van der Waals surface area contributed by atoms with Gasteiger partial charge in [-0.3, -0.25) is 4.79 Å². The molecule has 210 valence electrons. The second-order valence-electron chi connectivity index (χ2n) is 9.36. The molecule has 6 rings (SSSR count). The number of ketones is 1. The molecule has 0 N–H and O–H groups in total. The second-order valence-corrected chi connectivity index (χ2v) is 9.36. The molecule has 1 aliphatic heterocycles. The molecule has 4 aromatic carbocycles. The summed E-state index contributed by atoms with van der Waals surface area (Å²) in [7, 11) is 3.09. The number of hydrogen-bond acceptors (Lipinski definition) is 8. The van der Waals surface area contributed by atoms with Crippen LogP contribution in [0.2, 0.25) is 0 Å². The number of rotatable bonds is 8. The number of benzene rings is 4. The Morgan fingerprint density at radius 2 is 1.64 bits per heavy atom. The normalized spacial score (nSPS) is 13.1. The molecule has 2 heterocycles. The van der Waals surface area contributed by atoms with Gasteiger partial charge < -0.3 is 28.1 Å². The van der Waals surface area contributed by atoms with Gasteiger partial charge in [0.05, 0.1) is 26.4 Å². The van der Waals surface area contributed by atoms with Crippen LogP contribution < -0.4 is 23.7 Å². The van der Waals surface area contributed by atoms with Crippen molar-refractivity contribution in [1.82, 2.24) is 0 Å². The van der Waals surface area contributed by atoms with Crippen LogP contribution in [0.3, 0.4) is 0 Å². The smallest absolute Gasteiger partial charge is 0.348 e. The predicted molar refractivity (Wildman–Crippen MR) is 157 cm³/mol. The Morgan fingerprint density at radius 1 is 0.857 bits per heavy atom. The number of esters is 1. The number of carbonyl (C=O) groups excluding carboxylic acids is 2. The van der Waals surface area contributed by atoms with Gasteiger partial charge in [-0.2, -0.15) is 0 Å². The first-order valence-corrected chi connectivity index (χ1v) is 13.3. The largest absolute Gasteiger partial charge is 0.494 e. The molecule has 0 radical (unpaired) electrons. The van der Waals surface area contributed by atoms with Crippen LogP contribution in [-0.2, 0) is 0 Å². The molecule has 5 aromatic rings. The Balaban J connectivity index is 1.31. The van der Waals surface area contributed by atoms with E-state index in [-0.39, 0.29) is 28.6 Å². The Bertz CT molecular complexity index is 1850. The maximum absolute atomic E-state index is 13.7. The van der Waals surface area contributed by atoms with Crippen molar-refractivity contribution in [3.63, 3.8) is 0 Å². The van der Waals surface area contributed by atoms with E-state index in [1.165, 1.54) is 13.2 Å². The topological polar surface area (TPSA) is 93.4 Å². The first-order chi connectivity index (χ1) is 20.5.